The van der Waals surface area contributed by atoms with Crippen molar-refractivity contribution >= 4 is 12.4 Å². The number of unbranched alkanes of at least 4 members (excludes halogenated alkanes) is 9. The van der Waals surface area contributed by atoms with Crippen molar-refractivity contribution in [3.63, 3.8) is 0 Å². The molecule has 0 heterocycles. The number of benzene rings is 1. The largest absolute Gasteiger partial charge is 0.381 e. The molecule has 0 unspecified atom stereocenters. The minimum absolute atomic E-state index is 0. The summed E-state index contributed by atoms with van der Waals surface area (Å²) in [7, 11) is 0. The van der Waals surface area contributed by atoms with Gasteiger partial charge in [0.05, 0.1) is 0 Å². The third-order valence-corrected chi connectivity index (χ3v) is 4.24. The standard InChI is InChI=1S/C21H36O.ClH/c1-2-3-4-5-6-7-8-9-10-14-19-22-20-15-18-21-16-12-11-13-17-21;/h11-13,16-17H,2-10,14-15,18-20H2,1H3;1H. The van der Waals surface area contributed by atoms with Crippen molar-refractivity contribution in [3.8, 4) is 0 Å². The van der Waals surface area contributed by atoms with E-state index in [0.717, 1.165) is 26.1 Å². The Balaban J connectivity index is 0.00000484. The number of ether oxygens (including phenoxy) is 1. The summed E-state index contributed by atoms with van der Waals surface area (Å²) in [6.45, 7) is 4.14. The van der Waals surface area contributed by atoms with E-state index in [1.165, 1.54) is 69.8 Å². The highest BCUT2D eigenvalue weighted by Gasteiger charge is 1.95. The normalized spacial score (nSPS) is 10.5. The SMILES string of the molecule is CCCCCCCCCCCCOCCCc1ccccc1.Cl. The van der Waals surface area contributed by atoms with Gasteiger partial charge in [-0.3, -0.25) is 0 Å². The lowest BCUT2D eigenvalue weighted by Crippen LogP contribution is -1.98. The average Bonchev–Trinajstić information content (AvgIpc) is 2.56. The fraction of sp³-hybridized carbons (Fsp3) is 0.714. The summed E-state index contributed by atoms with van der Waals surface area (Å²) in [5, 5.41) is 0. The van der Waals surface area contributed by atoms with E-state index in [1.807, 2.05) is 0 Å². The third-order valence-electron chi connectivity index (χ3n) is 4.24. The molecular formula is C21H37ClO. The fourth-order valence-electron chi connectivity index (χ4n) is 2.82. The topological polar surface area (TPSA) is 9.23 Å². The van der Waals surface area contributed by atoms with Gasteiger partial charge in [-0.25, -0.2) is 0 Å². The van der Waals surface area contributed by atoms with E-state index in [0.29, 0.717) is 0 Å². The second-order valence-electron chi connectivity index (χ2n) is 6.38. The van der Waals surface area contributed by atoms with Gasteiger partial charge in [0.2, 0.25) is 0 Å². The molecule has 0 N–H and O–H groups in total. The monoisotopic (exact) mass is 340 g/mol. The maximum absolute atomic E-state index is 5.73. The summed E-state index contributed by atoms with van der Waals surface area (Å²) in [4.78, 5) is 0. The van der Waals surface area contributed by atoms with E-state index >= 15 is 0 Å². The predicted molar refractivity (Wildman–Crippen MR) is 105 cm³/mol. The molecule has 0 aliphatic carbocycles. The Morgan fingerprint density at radius 1 is 0.652 bits per heavy atom. The average molecular weight is 341 g/mol. The summed E-state index contributed by atoms with van der Waals surface area (Å²) in [6, 6.07) is 10.7. The number of hydrogen-bond acceptors (Lipinski definition) is 1. The van der Waals surface area contributed by atoms with E-state index in [9.17, 15) is 0 Å². The summed E-state index contributed by atoms with van der Waals surface area (Å²) < 4.78 is 5.73. The molecule has 1 aromatic carbocycles. The zero-order valence-corrected chi connectivity index (χ0v) is 15.9. The molecule has 0 aliphatic rings. The van der Waals surface area contributed by atoms with Gasteiger partial charge in [0.1, 0.15) is 0 Å². The molecule has 1 aromatic rings. The molecule has 0 saturated carbocycles. The van der Waals surface area contributed by atoms with Crippen LogP contribution >= 0.6 is 12.4 Å². The Morgan fingerprint density at radius 3 is 1.78 bits per heavy atom. The van der Waals surface area contributed by atoms with Crippen LogP contribution in [-0.2, 0) is 11.2 Å². The second-order valence-corrected chi connectivity index (χ2v) is 6.38. The molecule has 2 heteroatoms. The summed E-state index contributed by atoms with van der Waals surface area (Å²) in [5.41, 5.74) is 1.42. The van der Waals surface area contributed by atoms with Gasteiger partial charge in [-0.15, -0.1) is 12.4 Å². The first-order valence-electron chi connectivity index (χ1n) is 9.55. The molecule has 0 saturated heterocycles. The van der Waals surface area contributed by atoms with Crippen molar-refractivity contribution in [1.29, 1.82) is 0 Å². The van der Waals surface area contributed by atoms with E-state index in [4.69, 9.17) is 4.74 Å². The van der Waals surface area contributed by atoms with Crippen LogP contribution in [0.1, 0.15) is 83.1 Å². The van der Waals surface area contributed by atoms with Crippen molar-refractivity contribution in [2.24, 2.45) is 0 Å². The molecule has 0 radical (unpaired) electrons. The lowest BCUT2D eigenvalue weighted by molar-refractivity contribution is 0.127. The highest BCUT2D eigenvalue weighted by Crippen LogP contribution is 2.10. The lowest BCUT2D eigenvalue weighted by Gasteiger charge is -2.05. The van der Waals surface area contributed by atoms with Crippen molar-refractivity contribution in [2.75, 3.05) is 13.2 Å². The zero-order valence-electron chi connectivity index (χ0n) is 15.1. The first kappa shape index (κ1) is 22.5. The second kappa shape index (κ2) is 17.8. The predicted octanol–water partition coefficient (Wildman–Crippen LogP) is 6.98. The Hall–Kier alpha value is -0.530. The Bertz CT molecular complexity index is 326. The van der Waals surface area contributed by atoms with Crippen LogP contribution < -0.4 is 0 Å². The molecule has 0 aromatic heterocycles. The van der Waals surface area contributed by atoms with Gasteiger partial charge in [-0.2, -0.15) is 0 Å². The third kappa shape index (κ3) is 14.8. The van der Waals surface area contributed by atoms with Gasteiger partial charge >= 0.3 is 0 Å². The molecule has 1 rings (SSSR count). The lowest BCUT2D eigenvalue weighted by atomic mass is 10.1. The quantitative estimate of drug-likeness (QED) is 0.313. The maximum Gasteiger partial charge on any atom is 0.0469 e. The number of rotatable bonds is 15. The molecule has 0 fully saturated rings. The van der Waals surface area contributed by atoms with Crippen LogP contribution in [0, 0.1) is 0 Å². The first-order valence-corrected chi connectivity index (χ1v) is 9.55. The molecule has 1 nitrogen and oxygen atoms in total. The molecule has 23 heavy (non-hydrogen) atoms. The van der Waals surface area contributed by atoms with Crippen LogP contribution in [0.15, 0.2) is 30.3 Å². The van der Waals surface area contributed by atoms with Crippen LogP contribution in [-0.4, -0.2) is 13.2 Å². The minimum Gasteiger partial charge on any atom is -0.381 e. The van der Waals surface area contributed by atoms with Gasteiger partial charge in [0.25, 0.3) is 0 Å². The zero-order chi connectivity index (χ0) is 15.7. The minimum atomic E-state index is 0. The highest BCUT2D eigenvalue weighted by atomic mass is 35.5. The first-order chi connectivity index (χ1) is 10.9. The molecule has 0 aliphatic heterocycles. The Morgan fingerprint density at radius 2 is 1.17 bits per heavy atom. The smallest absolute Gasteiger partial charge is 0.0469 e. The molecular weight excluding hydrogens is 304 g/mol. The van der Waals surface area contributed by atoms with Crippen molar-refractivity contribution in [1.82, 2.24) is 0 Å². The Labute approximate surface area is 150 Å². The van der Waals surface area contributed by atoms with E-state index in [-0.39, 0.29) is 12.4 Å². The molecule has 0 spiro atoms. The van der Waals surface area contributed by atoms with Gasteiger partial charge in [-0.05, 0) is 24.8 Å². The van der Waals surface area contributed by atoms with Gasteiger partial charge in [0, 0.05) is 13.2 Å². The molecule has 0 bridgehead atoms. The highest BCUT2D eigenvalue weighted by molar-refractivity contribution is 5.85. The summed E-state index contributed by atoms with van der Waals surface area (Å²) >= 11 is 0. The summed E-state index contributed by atoms with van der Waals surface area (Å²) in [5.74, 6) is 0. The van der Waals surface area contributed by atoms with Gasteiger partial charge in [-0.1, -0.05) is 95.0 Å². The van der Waals surface area contributed by atoms with Crippen LogP contribution in [0.5, 0.6) is 0 Å². The molecule has 0 amide bonds. The van der Waals surface area contributed by atoms with Crippen LogP contribution in [0.4, 0.5) is 0 Å². The van der Waals surface area contributed by atoms with Crippen molar-refractivity contribution in [2.45, 2.75) is 84.0 Å². The number of aryl methyl sites for hydroxylation is 1. The Kier molecular flexibility index (Phi) is 17.4. The van der Waals surface area contributed by atoms with Gasteiger partial charge < -0.3 is 4.74 Å². The van der Waals surface area contributed by atoms with E-state index in [2.05, 4.69) is 37.3 Å². The molecule has 0 atom stereocenters. The van der Waals surface area contributed by atoms with E-state index < -0.39 is 0 Å². The van der Waals surface area contributed by atoms with Gasteiger partial charge in [0.15, 0.2) is 0 Å². The molecule has 134 valence electrons. The number of halogens is 1. The van der Waals surface area contributed by atoms with Crippen LogP contribution in [0.25, 0.3) is 0 Å². The van der Waals surface area contributed by atoms with Crippen LogP contribution in [0.2, 0.25) is 0 Å². The fourth-order valence-corrected chi connectivity index (χ4v) is 2.82. The number of hydrogen-bond donors (Lipinski definition) is 0. The van der Waals surface area contributed by atoms with Crippen molar-refractivity contribution in [3.05, 3.63) is 35.9 Å². The van der Waals surface area contributed by atoms with E-state index in [1.54, 1.807) is 0 Å². The summed E-state index contributed by atoms with van der Waals surface area (Å²) in [6.07, 6.45) is 16.2. The maximum atomic E-state index is 5.73. The van der Waals surface area contributed by atoms with Crippen molar-refractivity contribution < 1.29 is 4.74 Å². The van der Waals surface area contributed by atoms with Crippen LogP contribution in [0.3, 0.4) is 0 Å².